The minimum atomic E-state index is -3.38. The molecule has 0 radical (unpaired) electrons. The number of rotatable bonds is 4. The number of H-pyrrole nitrogens is 1. The average molecular weight is 281 g/mol. The molecule has 2 rings (SSSR count). The zero-order chi connectivity index (χ0) is 14.2. The highest BCUT2D eigenvalue weighted by molar-refractivity contribution is 7.87. The fraction of sp³-hybridized carbons (Fsp3) is 0.385. The quantitative estimate of drug-likeness (QED) is 0.895. The first-order chi connectivity index (χ1) is 8.81. The van der Waals surface area contributed by atoms with Gasteiger partial charge in [0.05, 0.1) is 0 Å². The maximum atomic E-state index is 11.6. The molecule has 5 nitrogen and oxygen atoms in total. The van der Waals surface area contributed by atoms with Crippen LogP contribution < -0.4 is 4.72 Å². The van der Waals surface area contributed by atoms with Crippen LogP contribution in [0, 0.1) is 13.8 Å². The Labute approximate surface area is 113 Å². The van der Waals surface area contributed by atoms with Crippen LogP contribution in [0.2, 0.25) is 0 Å². The molecule has 0 aliphatic rings. The number of hydrogen-bond acceptors (Lipinski definition) is 2. The topological polar surface area (TPSA) is 65.2 Å². The first kappa shape index (κ1) is 14.0. The van der Waals surface area contributed by atoms with E-state index in [1.165, 1.54) is 19.7 Å². The molecule has 1 heterocycles. The van der Waals surface area contributed by atoms with Crippen LogP contribution >= 0.6 is 0 Å². The molecule has 6 heteroatoms. The van der Waals surface area contributed by atoms with Crippen molar-refractivity contribution in [1.82, 2.24) is 14.0 Å². The molecule has 2 aromatic rings. The third-order valence-electron chi connectivity index (χ3n) is 3.31. The SMILES string of the molecule is Cc1[nH]c2ccc(CNS(=O)(=O)N(C)C)cc2c1C. The Bertz CT molecular complexity index is 702. The van der Waals surface area contributed by atoms with Crippen molar-refractivity contribution in [2.45, 2.75) is 20.4 Å². The van der Waals surface area contributed by atoms with Crippen LogP contribution in [0.15, 0.2) is 18.2 Å². The molecular weight excluding hydrogens is 262 g/mol. The van der Waals surface area contributed by atoms with Crippen LogP contribution in [-0.4, -0.2) is 31.8 Å². The van der Waals surface area contributed by atoms with E-state index in [-0.39, 0.29) is 0 Å². The molecule has 104 valence electrons. The summed E-state index contributed by atoms with van der Waals surface area (Å²) >= 11 is 0. The van der Waals surface area contributed by atoms with E-state index in [2.05, 4.69) is 16.6 Å². The number of nitrogens with one attached hydrogen (secondary N) is 2. The van der Waals surface area contributed by atoms with Gasteiger partial charge in [0.1, 0.15) is 0 Å². The summed E-state index contributed by atoms with van der Waals surface area (Å²) < 4.78 is 27.0. The van der Waals surface area contributed by atoms with Crippen molar-refractivity contribution < 1.29 is 8.42 Å². The highest BCUT2D eigenvalue weighted by Gasteiger charge is 2.12. The van der Waals surface area contributed by atoms with E-state index < -0.39 is 10.2 Å². The number of nitrogens with zero attached hydrogens (tertiary/aromatic N) is 1. The number of benzene rings is 1. The second-order valence-corrected chi connectivity index (χ2v) is 6.83. The lowest BCUT2D eigenvalue weighted by molar-refractivity contribution is 0.505. The van der Waals surface area contributed by atoms with Crippen LogP contribution in [0.1, 0.15) is 16.8 Å². The van der Waals surface area contributed by atoms with Gasteiger partial charge in [-0.15, -0.1) is 0 Å². The maximum absolute atomic E-state index is 11.6. The Morgan fingerprint density at radius 1 is 1.26 bits per heavy atom. The van der Waals surface area contributed by atoms with E-state index in [0.29, 0.717) is 6.54 Å². The van der Waals surface area contributed by atoms with E-state index in [1.807, 2.05) is 25.1 Å². The van der Waals surface area contributed by atoms with Crippen molar-refractivity contribution in [1.29, 1.82) is 0 Å². The summed E-state index contributed by atoms with van der Waals surface area (Å²) in [5.74, 6) is 0. The predicted octanol–water partition coefficient (Wildman–Crippen LogP) is 1.68. The van der Waals surface area contributed by atoms with Crippen molar-refractivity contribution in [3.63, 3.8) is 0 Å². The van der Waals surface area contributed by atoms with Gasteiger partial charge in [0.15, 0.2) is 0 Å². The monoisotopic (exact) mass is 281 g/mol. The molecule has 2 N–H and O–H groups in total. The lowest BCUT2D eigenvalue weighted by Crippen LogP contribution is -2.35. The van der Waals surface area contributed by atoms with Crippen LogP contribution in [0.25, 0.3) is 10.9 Å². The molecule has 0 fully saturated rings. The first-order valence-electron chi connectivity index (χ1n) is 6.06. The Balaban J connectivity index is 2.25. The van der Waals surface area contributed by atoms with Gasteiger partial charge < -0.3 is 4.98 Å². The summed E-state index contributed by atoms with van der Waals surface area (Å²) in [6.07, 6.45) is 0. The normalized spacial score (nSPS) is 12.5. The van der Waals surface area contributed by atoms with E-state index >= 15 is 0 Å². The Hall–Kier alpha value is -1.37. The van der Waals surface area contributed by atoms with Gasteiger partial charge in [0.25, 0.3) is 10.2 Å². The minimum Gasteiger partial charge on any atom is -0.358 e. The molecule has 0 saturated carbocycles. The fourth-order valence-electron chi connectivity index (χ4n) is 1.92. The Morgan fingerprint density at radius 3 is 2.58 bits per heavy atom. The summed E-state index contributed by atoms with van der Waals surface area (Å²) in [6.45, 7) is 4.38. The number of aromatic nitrogens is 1. The molecule has 19 heavy (non-hydrogen) atoms. The van der Waals surface area contributed by atoms with Crippen molar-refractivity contribution in [3.05, 3.63) is 35.0 Å². The van der Waals surface area contributed by atoms with Crippen LogP contribution in [0.3, 0.4) is 0 Å². The highest BCUT2D eigenvalue weighted by Crippen LogP contribution is 2.22. The standard InChI is InChI=1S/C13H19N3O2S/c1-9-10(2)15-13-6-5-11(7-12(9)13)8-14-19(17,18)16(3)4/h5-7,14-15H,8H2,1-4H3. The van der Waals surface area contributed by atoms with Gasteiger partial charge in [0, 0.05) is 37.2 Å². The summed E-state index contributed by atoms with van der Waals surface area (Å²) in [4.78, 5) is 3.30. The van der Waals surface area contributed by atoms with Gasteiger partial charge in [-0.2, -0.15) is 17.4 Å². The third kappa shape index (κ3) is 2.80. The first-order valence-corrected chi connectivity index (χ1v) is 7.50. The molecule has 1 aromatic heterocycles. The van der Waals surface area contributed by atoms with E-state index in [4.69, 9.17) is 0 Å². The summed E-state index contributed by atoms with van der Waals surface area (Å²) in [5.41, 5.74) is 4.36. The summed E-state index contributed by atoms with van der Waals surface area (Å²) in [6, 6.07) is 5.93. The van der Waals surface area contributed by atoms with Crippen molar-refractivity contribution in [3.8, 4) is 0 Å². The van der Waals surface area contributed by atoms with E-state index in [9.17, 15) is 8.42 Å². The lowest BCUT2D eigenvalue weighted by atomic mass is 10.1. The van der Waals surface area contributed by atoms with Gasteiger partial charge in [-0.25, -0.2) is 0 Å². The molecule has 0 atom stereocenters. The lowest BCUT2D eigenvalue weighted by Gasteiger charge is -2.12. The number of aromatic amines is 1. The second kappa shape index (κ2) is 4.96. The fourth-order valence-corrected chi connectivity index (χ4v) is 2.53. The Morgan fingerprint density at radius 2 is 1.95 bits per heavy atom. The molecular formula is C13H19N3O2S. The number of hydrogen-bond donors (Lipinski definition) is 2. The predicted molar refractivity (Wildman–Crippen MR) is 77.2 cm³/mol. The zero-order valence-electron chi connectivity index (χ0n) is 11.6. The molecule has 0 amide bonds. The molecule has 0 aliphatic heterocycles. The second-order valence-electron chi connectivity index (χ2n) is 4.86. The van der Waals surface area contributed by atoms with E-state index in [1.54, 1.807) is 0 Å². The third-order valence-corrected chi connectivity index (χ3v) is 4.78. The van der Waals surface area contributed by atoms with Crippen molar-refractivity contribution >= 4 is 21.1 Å². The maximum Gasteiger partial charge on any atom is 0.279 e. The average Bonchev–Trinajstić information content (AvgIpc) is 2.63. The Kier molecular flexibility index (Phi) is 3.66. The van der Waals surface area contributed by atoms with Gasteiger partial charge >= 0.3 is 0 Å². The summed E-state index contributed by atoms with van der Waals surface area (Å²) in [5, 5.41) is 1.14. The molecule has 0 spiro atoms. The summed E-state index contributed by atoms with van der Waals surface area (Å²) in [7, 11) is -0.369. The van der Waals surface area contributed by atoms with Crippen molar-refractivity contribution in [2.24, 2.45) is 0 Å². The van der Waals surface area contributed by atoms with Gasteiger partial charge in [0.2, 0.25) is 0 Å². The van der Waals surface area contributed by atoms with Gasteiger partial charge in [-0.3, -0.25) is 0 Å². The zero-order valence-corrected chi connectivity index (χ0v) is 12.4. The van der Waals surface area contributed by atoms with Gasteiger partial charge in [-0.1, -0.05) is 6.07 Å². The molecule has 0 bridgehead atoms. The van der Waals surface area contributed by atoms with Gasteiger partial charge in [-0.05, 0) is 37.1 Å². The molecule has 1 aromatic carbocycles. The largest absolute Gasteiger partial charge is 0.358 e. The number of aryl methyl sites for hydroxylation is 2. The molecule has 0 saturated heterocycles. The van der Waals surface area contributed by atoms with Crippen molar-refractivity contribution in [2.75, 3.05) is 14.1 Å². The van der Waals surface area contributed by atoms with Crippen LogP contribution in [0.5, 0.6) is 0 Å². The van der Waals surface area contributed by atoms with E-state index in [0.717, 1.165) is 26.5 Å². The smallest absolute Gasteiger partial charge is 0.279 e. The molecule has 0 unspecified atom stereocenters. The van der Waals surface area contributed by atoms with Crippen LogP contribution in [-0.2, 0) is 16.8 Å². The number of fused-ring (bicyclic) bond motifs is 1. The minimum absolute atomic E-state index is 0.292. The molecule has 0 aliphatic carbocycles. The highest BCUT2D eigenvalue weighted by atomic mass is 32.2. The van der Waals surface area contributed by atoms with Crippen LogP contribution in [0.4, 0.5) is 0 Å².